The van der Waals surface area contributed by atoms with E-state index in [9.17, 15) is 0 Å². The Morgan fingerprint density at radius 1 is 0.952 bits per heavy atom. The summed E-state index contributed by atoms with van der Waals surface area (Å²) in [6, 6.07) is 0. The van der Waals surface area contributed by atoms with Crippen molar-refractivity contribution in [3.05, 3.63) is 0 Å². The molecule has 21 heavy (non-hydrogen) atoms. The van der Waals surface area contributed by atoms with E-state index in [1.165, 1.54) is 0 Å². The van der Waals surface area contributed by atoms with Gasteiger partial charge in [-0.1, -0.05) is 42.5 Å². The molecule has 1 N–H and O–H groups in total. The third-order valence-corrected chi connectivity index (χ3v) is 0. The van der Waals surface area contributed by atoms with Crippen molar-refractivity contribution in [2.24, 2.45) is 0 Å². The Bertz CT molecular complexity index is 111. The molecule has 10 heteroatoms. The number of carboxylic acid groups (broad SMARTS) is 1. The molecule has 0 saturated carbocycles. The van der Waals surface area contributed by atoms with Crippen LogP contribution in [0.2, 0.25) is 0 Å². The number of halogens is 5. The zero-order chi connectivity index (χ0) is 17.4. The minimum atomic E-state index is -0.833. The molecule has 0 aliphatic heterocycles. The molecule has 0 rings (SSSR count). The average molecular weight is 948 g/mol. The van der Waals surface area contributed by atoms with Crippen LogP contribution >= 0.6 is 99.9 Å². The molecule has 0 saturated heterocycles. The van der Waals surface area contributed by atoms with E-state index in [0.29, 0.717) is 9.47 Å². The van der Waals surface area contributed by atoms with E-state index >= 15 is 0 Å². The first-order valence-corrected chi connectivity index (χ1v) is 27.6. The molecule has 3 nitrogen and oxygen atoms in total. The molecule has 0 fully saturated rings. The quantitative estimate of drug-likeness (QED) is 0.251. The summed E-state index contributed by atoms with van der Waals surface area (Å²) in [7, 11) is 6.63. The van der Waals surface area contributed by atoms with Crippen molar-refractivity contribution in [2.75, 3.05) is 21.1 Å². The van der Waals surface area contributed by atoms with Crippen LogP contribution in [0, 0.1) is 0 Å². The van der Waals surface area contributed by atoms with E-state index in [1.54, 1.807) is 0 Å². The summed E-state index contributed by atoms with van der Waals surface area (Å²) in [6.07, 6.45) is 0. The van der Waals surface area contributed by atoms with Gasteiger partial charge in [-0.3, -0.25) is 4.79 Å². The number of hydrogen-bond donors (Lipinski definition) is 1. The van der Waals surface area contributed by atoms with E-state index in [2.05, 4.69) is 99.9 Å². The summed E-state index contributed by atoms with van der Waals surface area (Å²) in [5, 5.41) is 7.42. The first kappa shape index (κ1) is 49.9. The number of rotatable bonds is 0. The van der Waals surface area contributed by atoms with E-state index in [4.69, 9.17) is 9.90 Å². The third-order valence-electron chi connectivity index (χ3n) is 0. The van der Waals surface area contributed by atoms with Crippen LogP contribution in [-0.4, -0.2) is 37.1 Å². The molecule has 0 aromatic heterocycles. The van der Waals surface area contributed by atoms with Crippen LogP contribution < -0.4 is 0 Å². The van der Waals surface area contributed by atoms with Gasteiger partial charge in [-0.15, -0.1) is 0 Å². The molecule has 0 aliphatic rings. The van der Waals surface area contributed by atoms with Gasteiger partial charge < -0.3 is 10.0 Å². The zero-order valence-electron chi connectivity index (χ0n) is 12.6. The molecule has 0 aromatic rings. The van der Waals surface area contributed by atoms with Crippen LogP contribution in [-0.2, 0) is 19.2 Å². The fourth-order valence-corrected chi connectivity index (χ4v) is 0. The standard InChI is InChI=1S/C3H9N.C2H4O2.2C2H6.2CH4.5HI.2V/c1-4(2)3;1-2(3)4;2*1-2;;;;;;;;;/h1-3H3;1H3,(H,3,4);2*1-2H3;2*1H4;5*1H;;/q;;;;;;;;;;;+2;+3/p-5. The second-order valence-electron chi connectivity index (χ2n) is 2.12. The van der Waals surface area contributed by atoms with Gasteiger partial charge in [-0.25, -0.2) is 0 Å². The Morgan fingerprint density at radius 3 is 0.952 bits per heavy atom. The predicted molar refractivity (Wildman–Crippen MR) is 139 cm³/mol. The van der Waals surface area contributed by atoms with Crippen molar-refractivity contribution in [1.82, 2.24) is 4.90 Å². The van der Waals surface area contributed by atoms with Crippen LogP contribution in [0.4, 0.5) is 0 Å². The van der Waals surface area contributed by atoms with Gasteiger partial charge in [0.2, 0.25) is 0 Å². The first-order valence-electron chi connectivity index (χ1n) is 5.11. The minimum absolute atomic E-state index is 0. The van der Waals surface area contributed by atoms with Crippen molar-refractivity contribution in [3.63, 3.8) is 0 Å². The van der Waals surface area contributed by atoms with Gasteiger partial charge >= 0.3 is 114 Å². The SMILES string of the molecule is C.C.CC.CC.CC(=O)O.CN(C)C.[I][V]([I])[I].[I][V][I]. The van der Waals surface area contributed by atoms with Gasteiger partial charge in [0.25, 0.3) is 5.97 Å². The maximum absolute atomic E-state index is 9.00. The second-order valence-corrected chi connectivity index (χ2v) is 49.3. The van der Waals surface area contributed by atoms with Crippen LogP contribution in [0.3, 0.4) is 0 Å². The average Bonchev–Trinajstić information content (AvgIpc) is 2.21. The summed E-state index contributed by atoms with van der Waals surface area (Å²) in [5.74, 6) is -0.833. The molecule has 0 radical (unpaired) electrons. The molecule has 0 amide bonds. The summed E-state index contributed by atoms with van der Waals surface area (Å²) in [5.41, 5.74) is 0. The van der Waals surface area contributed by atoms with Gasteiger partial charge in [0.1, 0.15) is 0 Å². The number of carboxylic acids is 1. The molecule has 139 valence electrons. The van der Waals surface area contributed by atoms with Crippen LogP contribution in [0.1, 0.15) is 49.5 Å². The molecule has 0 atom stereocenters. The molecule has 0 bridgehead atoms. The van der Waals surface area contributed by atoms with Crippen molar-refractivity contribution in [1.29, 1.82) is 0 Å². The summed E-state index contributed by atoms with van der Waals surface area (Å²) >= 11 is 12.1. The van der Waals surface area contributed by atoms with Crippen molar-refractivity contribution < 1.29 is 24.3 Å². The van der Waals surface area contributed by atoms with Gasteiger partial charge in [-0.05, 0) is 21.1 Å². The normalized spacial score (nSPS) is 5.86. The van der Waals surface area contributed by atoms with Gasteiger partial charge in [0, 0.05) is 6.92 Å². The third kappa shape index (κ3) is 665. The van der Waals surface area contributed by atoms with Crippen LogP contribution in [0.25, 0.3) is 0 Å². The zero-order valence-corrected chi connectivity index (χ0v) is 26.2. The van der Waals surface area contributed by atoms with E-state index in [-0.39, 0.29) is 19.8 Å². The molecule has 0 unspecified atom stereocenters. The maximum atomic E-state index is 9.00. The van der Waals surface area contributed by atoms with E-state index in [1.807, 2.05) is 53.7 Å². The number of aliphatic carboxylic acids is 1. The Labute approximate surface area is 201 Å². The fraction of sp³-hybridized carbons (Fsp3) is 0.909. The molecule has 0 heterocycles. The Kier molecular flexibility index (Phi) is 153. The molecular formula is C11H33I5NO2V2. The van der Waals surface area contributed by atoms with Crippen molar-refractivity contribution in [3.8, 4) is 0 Å². The van der Waals surface area contributed by atoms with Crippen LogP contribution in [0.15, 0.2) is 0 Å². The fourth-order valence-electron chi connectivity index (χ4n) is 0. The second kappa shape index (κ2) is 64.6. The monoisotopic (exact) mass is 948 g/mol. The summed E-state index contributed by atoms with van der Waals surface area (Å²) in [6.45, 7) is 9.08. The van der Waals surface area contributed by atoms with E-state index < -0.39 is 5.97 Å². The Balaban J connectivity index is -0.0000000162. The molecule has 0 aliphatic carbocycles. The van der Waals surface area contributed by atoms with Gasteiger partial charge in [-0.2, -0.15) is 0 Å². The summed E-state index contributed by atoms with van der Waals surface area (Å²) < 4.78 is 0. The van der Waals surface area contributed by atoms with Crippen molar-refractivity contribution in [2.45, 2.75) is 49.5 Å². The Hall–Kier alpha value is 4.25. The first-order chi connectivity index (χ1) is 8.61. The predicted octanol–water partition coefficient (Wildman–Crippen LogP) is 8.02. The van der Waals surface area contributed by atoms with Crippen LogP contribution in [0.5, 0.6) is 0 Å². The van der Waals surface area contributed by atoms with Gasteiger partial charge in [0.15, 0.2) is 0 Å². The summed E-state index contributed by atoms with van der Waals surface area (Å²) in [4.78, 5) is 10.7. The number of hydrogen-bond acceptors (Lipinski definition) is 2. The topological polar surface area (TPSA) is 40.5 Å². The van der Waals surface area contributed by atoms with Gasteiger partial charge in [0.05, 0.1) is 0 Å². The molecular weight excluding hydrogens is 915 g/mol. The number of carbonyl (C=O) groups is 1. The Morgan fingerprint density at radius 2 is 0.952 bits per heavy atom. The van der Waals surface area contributed by atoms with E-state index in [0.717, 1.165) is 6.92 Å². The number of nitrogens with zero attached hydrogens (tertiary/aromatic N) is 1. The molecule has 0 aromatic carbocycles. The molecule has 0 spiro atoms. The van der Waals surface area contributed by atoms with Crippen molar-refractivity contribution >= 4 is 106 Å².